The van der Waals surface area contributed by atoms with Crippen LogP contribution >= 0.6 is 11.8 Å². The lowest BCUT2D eigenvalue weighted by molar-refractivity contribution is -0.0970. The number of rotatable bonds is 3. The van der Waals surface area contributed by atoms with Gasteiger partial charge in [-0.1, -0.05) is 31.4 Å². The number of aromatic carboxylic acids is 1. The molecule has 1 aromatic rings. The smallest absolute Gasteiger partial charge is 0.336 e. The summed E-state index contributed by atoms with van der Waals surface area (Å²) in [5.41, 5.74) is 0.499. The summed E-state index contributed by atoms with van der Waals surface area (Å²) in [6.45, 7) is 0.812. The van der Waals surface area contributed by atoms with Crippen LogP contribution in [-0.4, -0.2) is 28.5 Å². The van der Waals surface area contributed by atoms with Crippen molar-refractivity contribution >= 4 is 17.7 Å². The zero-order valence-corrected chi connectivity index (χ0v) is 13.0. The number of carboxylic acid groups (broad SMARTS) is 1. The second kappa shape index (κ2) is 6.41. The fraction of sp³-hybridized carbons (Fsp3) is 0.588. The highest BCUT2D eigenvalue weighted by Crippen LogP contribution is 2.43. The van der Waals surface area contributed by atoms with Gasteiger partial charge in [-0.05, 0) is 37.8 Å². The number of ether oxygens (including phenoxy) is 1. The van der Waals surface area contributed by atoms with Crippen molar-refractivity contribution in [2.45, 2.75) is 60.7 Å². The Morgan fingerprint density at radius 3 is 2.76 bits per heavy atom. The fourth-order valence-corrected chi connectivity index (χ4v) is 4.95. The summed E-state index contributed by atoms with van der Waals surface area (Å²) in [5, 5.41) is 9.77. The van der Waals surface area contributed by atoms with Crippen molar-refractivity contribution in [2.24, 2.45) is 0 Å². The highest BCUT2D eigenvalue weighted by atomic mass is 32.2. The molecule has 1 unspecified atom stereocenters. The average Bonchev–Trinajstić information content (AvgIpc) is 2.48. The maximum Gasteiger partial charge on any atom is 0.336 e. The van der Waals surface area contributed by atoms with Crippen molar-refractivity contribution in [3.63, 3.8) is 0 Å². The standard InChI is InChI=1S/C17H22O3S/c18-16(19)14-6-2-3-7-15(14)21-13-8-11-20-17(12-13)9-4-1-5-10-17/h2-3,6-7,13H,1,4-5,8-12H2,(H,18,19). The minimum absolute atomic E-state index is 0.0757. The summed E-state index contributed by atoms with van der Waals surface area (Å²) in [7, 11) is 0. The van der Waals surface area contributed by atoms with Crippen LogP contribution < -0.4 is 0 Å². The van der Waals surface area contributed by atoms with E-state index in [1.165, 1.54) is 32.1 Å². The first-order valence-corrected chi connectivity index (χ1v) is 8.69. The van der Waals surface area contributed by atoms with Crippen molar-refractivity contribution in [2.75, 3.05) is 6.61 Å². The molecule has 1 saturated carbocycles. The second-order valence-corrected chi connectivity index (χ2v) is 7.47. The summed E-state index contributed by atoms with van der Waals surface area (Å²) >= 11 is 1.73. The Morgan fingerprint density at radius 1 is 1.24 bits per heavy atom. The fourth-order valence-electron chi connectivity index (χ4n) is 3.55. The summed E-state index contributed by atoms with van der Waals surface area (Å²) in [6, 6.07) is 7.34. The molecule has 1 spiro atoms. The molecule has 1 N–H and O–H groups in total. The van der Waals surface area contributed by atoms with E-state index >= 15 is 0 Å². The predicted octanol–water partition coefficient (Wildman–Crippen LogP) is 4.36. The van der Waals surface area contributed by atoms with Crippen LogP contribution in [-0.2, 0) is 4.74 Å². The number of benzene rings is 1. The molecule has 1 atom stereocenters. The van der Waals surface area contributed by atoms with Gasteiger partial charge in [-0.3, -0.25) is 0 Å². The number of hydrogen-bond acceptors (Lipinski definition) is 3. The van der Waals surface area contributed by atoms with Crippen molar-refractivity contribution < 1.29 is 14.6 Å². The van der Waals surface area contributed by atoms with Crippen LogP contribution in [0.4, 0.5) is 0 Å². The Labute approximate surface area is 130 Å². The van der Waals surface area contributed by atoms with E-state index in [4.69, 9.17) is 4.74 Å². The lowest BCUT2D eigenvalue weighted by Gasteiger charge is -2.43. The molecular weight excluding hydrogens is 284 g/mol. The van der Waals surface area contributed by atoms with Gasteiger partial charge in [0, 0.05) is 16.8 Å². The van der Waals surface area contributed by atoms with E-state index in [0.29, 0.717) is 10.8 Å². The Morgan fingerprint density at radius 2 is 2.00 bits per heavy atom. The molecule has 0 aromatic heterocycles. The van der Waals surface area contributed by atoms with E-state index in [2.05, 4.69) is 0 Å². The number of thioether (sulfide) groups is 1. The van der Waals surface area contributed by atoms with Crippen LogP contribution in [0.15, 0.2) is 29.2 Å². The van der Waals surface area contributed by atoms with Crippen molar-refractivity contribution in [1.82, 2.24) is 0 Å². The molecule has 1 aromatic carbocycles. The summed E-state index contributed by atoms with van der Waals surface area (Å²) in [6.07, 6.45) is 8.28. The van der Waals surface area contributed by atoms with Gasteiger partial charge in [0.2, 0.25) is 0 Å². The second-order valence-electron chi connectivity index (χ2n) is 6.13. The molecule has 1 saturated heterocycles. The summed E-state index contributed by atoms with van der Waals surface area (Å²) in [5.74, 6) is -0.836. The molecule has 3 rings (SSSR count). The van der Waals surface area contributed by atoms with Crippen molar-refractivity contribution in [1.29, 1.82) is 0 Å². The van der Waals surface area contributed by atoms with Gasteiger partial charge >= 0.3 is 5.97 Å². The molecule has 1 aliphatic carbocycles. The minimum Gasteiger partial charge on any atom is -0.478 e. The molecule has 4 heteroatoms. The molecule has 21 heavy (non-hydrogen) atoms. The van der Waals surface area contributed by atoms with Crippen molar-refractivity contribution in [3.05, 3.63) is 29.8 Å². The van der Waals surface area contributed by atoms with Crippen LogP contribution in [0.25, 0.3) is 0 Å². The van der Waals surface area contributed by atoms with Gasteiger partial charge < -0.3 is 9.84 Å². The first-order valence-electron chi connectivity index (χ1n) is 7.81. The third-order valence-electron chi connectivity index (χ3n) is 4.62. The zero-order chi connectivity index (χ0) is 14.7. The van der Waals surface area contributed by atoms with Crippen LogP contribution in [0.5, 0.6) is 0 Å². The van der Waals surface area contributed by atoms with Crippen LogP contribution in [0.1, 0.15) is 55.3 Å². The van der Waals surface area contributed by atoms with Gasteiger partial charge in [0.05, 0.1) is 11.2 Å². The number of carbonyl (C=O) groups is 1. The average molecular weight is 306 g/mol. The number of carboxylic acids is 1. The van der Waals surface area contributed by atoms with Crippen LogP contribution in [0, 0.1) is 0 Å². The normalized spacial score (nSPS) is 24.9. The minimum atomic E-state index is -0.836. The monoisotopic (exact) mass is 306 g/mol. The molecule has 114 valence electrons. The Kier molecular flexibility index (Phi) is 4.55. The van der Waals surface area contributed by atoms with Crippen LogP contribution in [0.3, 0.4) is 0 Å². The van der Waals surface area contributed by atoms with Gasteiger partial charge in [-0.2, -0.15) is 0 Å². The Bertz CT molecular complexity index is 503. The zero-order valence-electron chi connectivity index (χ0n) is 12.2. The van der Waals surface area contributed by atoms with E-state index in [0.717, 1.165) is 24.3 Å². The van der Waals surface area contributed by atoms with E-state index in [-0.39, 0.29) is 5.60 Å². The van der Waals surface area contributed by atoms with Gasteiger partial charge in [-0.25, -0.2) is 4.79 Å². The molecule has 2 fully saturated rings. The third-order valence-corrected chi connectivity index (χ3v) is 5.97. The SMILES string of the molecule is O=C(O)c1ccccc1SC1CCOC2(CCCCC2)C1. The quantitative estimate of drug-likeness (QED) is 0.901. The largest absolute Gasteiger partial charge is 0.478 e. The molecular formula is C17H22O3S. The molecule has 2 aliphatic rings. The first-order chi connectivity index (χ1) is 10.2. The lowest BCUT2D eigenvalue weighted by atomic mass is 9.80. The molecule has 0 amide bonds. The maximum atomic E-state index is 11.3. The van der Waals surface area contributed by atoms with E-state index in [1.807, 2.05) is 12.1 Å². The van der Waals surface area contributed by atoms with E-state index in [9.17, 15) is 9.90 Å². The highest BCUT2D eigenvalue weighted by molar-refractivity contribution is 8.00. The van der Waals surface area contributed by atoms with Crippen LogP contribution in [0.2, 0.25) is 0 Å². The number of hydrogen-bond donors (Lipinski definition) is 1. The van der Waals surface area contributed by atoms with E-state index < -0.39 is 5.97 Å². The summed E-state index contributed by atoms with van der Waals surface area (Å²) in [4.78, 5) is 12.2. The highest BCUT2D eigenvalue weighted by Gasteiger charge is 2.38. The maximum absolute atomic E-state index is 11.3. The topological polar surface area (TPSA) is 46.5 Å². The van der Waals surface area contributed by atoms with E-state index in [1.54, 1.807) is 23.9 Å². The van der Waals surface area contributed by atoms with Crippen molar-refractivity contribution in [3.8, 4) is 0 Å². The predicted molar refractivity (Wildman–Crippen MR) is 84.0 cm³/mol. The lowest BCUT2D eigenvalue weighted by Crippen LogP contribution is -2.42. The Balaban J connectivity index is 1.71. The molecule has 1 heterocycles. The van der Waals surface area contributed by atoms with Gasteiger partial charge in [0.15, 0.2) is 0 Å². The van der Waals surface area contributed by atoms with Gasteiger partial charge in [0.1, 0.15) is 0 Å². The van der Waals surface area contributed by atoms with Gasteiger partial charge in [0.25, 0.3) is 0 Å². The molecule has 1 aliphatic heterocycles. The molecule has 0 radical (unpaired) electrons. The summed E-state index contributed by atoms with van der Waals surface area (Å²) < 4.78 is 6.12. The molecule has 3 nitrogen and oxygen atoms in total. The Hall–Kier alpha value is -1.00. The molecule has 0 bridgehead atoms. The third kappa shape index (κ3) is 3.43. The van der Waals surface area contributed by atoms with Gasteiger partial charge in [-0.15, -0.1) is 11.8 Å². The first kappa shape index (κ1) is 14.9.